The number of halogens is 10. The molecule has 0 atom stereocenters. The van der Waals surface area contributed by atoms with Crippen molar-refractivity contribution in [1.29, 1.82) is 0 Å². The molecule has 0 aliphatic carbocycles. The minimum atomic E-state index is -2.33. The molecule has 0 saturated carbocycles. The SMILES string of the molecule is Fc1nc2c(F)c(F)c(F)c(F)c2c(F)c1F.I[I-]I. The second kappa shape index (κ2) is 7.55. The Balaban J connectivity index is 0.000000612. The van der Waals surface area contributed by atoms with Crippen molar-refractivity contribution in [3.8, 4) is 0 Å². The maximum atomic E-state index is 13.1. The van der Waals surface area contributed by atoms with Gasteiger partial charge in [-0.3, -0.25) is 0 Å². The van der Waals surface area contributed by atoms with Crippen LogP contribution in [0.3, 0.4) is 0 Å². The van der Waals surface area contributed by atoms with Gasteiger partial charge in [-0.2, -0.15) is 8.78 Å². The maximum absolute atomic E-state index is 13.1. The Morgan fingerprint density at radius 1 is 0.650 bits per heavy atom. The molecule has 0 radical (unpaired) electrons. The van der Waals surface area contributed by atoms with E-state index in [1.165, 1.54) is 0 Å². The number of nitrogens with zero attached hydrogens (tertiary/aromatic N) is 1. The van der Waals surface area contributed by atoms with Crippen molar-refractivity contribution in [2.24, 2.45) is 0 Å². The molecule has 1 nitrogen and oxygen atoms in total. The van der Waals surface area contributed by atoms with Crippen LogP contribution in [0.25, 0.3) is 10.9 Å². The molecule has 0 fully saturated rings. The number of hydrogen-bond donors (Lipinski definition) is 0. The van der Waals surface area contributed by atoms with Crippen molar-refractivity contribution in [1.82, 2.24) is 4.98 Å². The summed E-state index contributed by atoms with van der Waals surface area (Å²) in [6.45, 7) is 0. The van der Waals surface area contributed by atoms with Gasteiger partial charge in [0.05, 0.1) is 5.39 Å². The van der Waals surface area contributed by atoms with Gasteiger partial charge in [-0.05, 0) is 0 Å². The predicted octanol–water partition coefficient (Wildman–Crippen LogP) is 1.98. The number of aromatic nitrogens is 1. The zero-order chi connectivity index (χ0) is 15.6. The first kappa shape index (κ1) is 18.4. The summed E-state index contributed by atoms with van der Waals surface area (Å²) >= 11 is 5.30. The Hall–Kier alpha value is 0.330. The molecular weight excluding hydrogens is 636 g/mol. The van der Waals surface area contributed by atoms with Crippen LogP contribution < -0.4 is 13.3 Å². The standard InChI is InChI=1S/C9F7N.I3/c10-2-1-3(11)7(15)9(16)17-8(1)6(14)5(13)4(2)12;1-3-2/q;-1. The molecule has 0 unspecified atom stereocenters. The Morgan fingerprint density at radius 3 is 1.55 bits per heavy atom. The van der Waals surface area contributed by atoms with Gasteiger partial charge in [-0.1, -0.05) is 0 Å². The van der Waals surface area contributed by atoms with Crippen LogP contribution in [0.15, 0.2) is 0 Å². The van der Waals surface area contributed by atoms with E-state index in [-0.39, 0.29) is 0 Å². The Morgan fingerprint density at radius 2 is 1.05 bits per heavy atom. The molecule has 1 aromatic heterocycles. The van der Waals surface area contributed by atoms with Crippen molar-refractivity contribution >= 4 is 48.1 Å². The van der Waals surface area contributed by atoms with Gasteiger partial charge in [-0.15, -0.1) is 0 Å². The van der Waals surface area contributed by atoms with Crippen LogP contribution >= 0.6 is 37.2 Å². The molecule has 1 heterocycles. The van der Waals surface area contributed by atoms with Crippen molar-refractivity contribution in [3.05, 3.63) is 40.9 Å². The number of pyridine rings is 1. The van der Waals surface area contributed by atoms with E-state index in [9.17, 15) is 30.7 Å². The van der Waals surface area contributed by atoms with Gasteiger partial charge in [0.25, 0.3) is 5.95 Å². The van der Waals surface area contributed by atoms with Crippen molar-refractivity contribution in [3.63, 3.8) is 0 Å². The third kappa shape index (κ3) is 3.38. The molecule has 0 aliphatic rings. The first-order chi connectivity index (χ1) is 9.27. The fourth-order valence-electron chi connectivity index (χ4n) is 1.27. The Kier molecular flexibility index (Phi) is 6.94. The minimum absolute atomic E-state index is 0.530. The Labute approximate surface area is 136 Å². The van der Waals surface area contributed by atoms with Crippen LogP contribution in [-0.2, 0) is 0 Å². The van der Waals surface area contributed by atoms with E-state index in [2.05, 4.69) is 42.2 Å². The molecule has 0 spiro atoms. The summed E-state index contributed by atoms with van der Waals surface area (Å²) in [4.78, 5) is 2.50. The molecule has 0 bridgehead atoms. The molecule has 112 valence electrons. The Bertz CT molecular complexity index is 656. The molecule has 0 N–H and O–H groups in total. The molecular formula is C9F7I3N-. The van der Waals surface area contributed by atoms with Gasteiger partial charge in [-0.25, -0.2) is 26.9 Å². The van der Waals surface area contributed by atoms with Crippen LogP contribution in [0, 0.1) is 40.9 Å². The van der Waals surface area contributed by atoms with Gasteiger partial charge in [0, 0.05) is 0 Å². The number of rotatable bonds is 0. The summed E-state index contributed by atoms with van der Waals surface area (Å²) in [5.41, 5.74) is -1.46. The van der Waals surface area contributed by atoms with Crippen LogP contribution in [0.4, 0.5) is 30.7 Å². The molecule has 1 aromatic carbocycles. The first-order valence-corrected chi connectivity index (χ1v) is 16.9. The van der Waals surface area contributed by atoms with Crippen LogP contribution in [-0.4, -0.2) is 4.98 Å². The van der Waals surface area contributed by atoms with Crippen LogP contribution in [0.5, 0.6) is 0 Å². The summed E-state index contributed by atoms with van der Waals surface area (Å²) < 4.78 is 89.9. The number of hydrogen-bond acceptors (Lipinski definition) is 1. The van der Waals surface area contributed by atoms with E-state index in [0.29, 0.717) is 13.3 Å². The summed E-state index contributed by atoms with van der Waals surface area (Å²) in [5.74, 6) is -15.4. The van der Waals surface area contributed by atoms with Gasteiger partial charge in [0.2, 0.25) is 5.82 Å². The topological polar surface area (TPSA) is 12.9 Å². The number of benzene rings is 1. The second-order valence-electron chi connectivity index (χ2n) is 3.06. The van der Waals surface area contributed by atoms with Crippen LogP contribution in [0.1, 0.15) is 0 Å². The monoisotopic (exact) mass is 636 g/mol. The zero-order valence-electron chi connectivity index (χ0n) is 8.73. The fourth-order valence-corrected chi connectivity index (χ4v) is 1.27. The van der Waals surface area contributed by atoms with E-state index < -0.39 is 51.8 Å². The third-order valence-corrected chi connectivity index (χ3v) is 2.05. The zero-order valence-corrected chi connectivity index (χ0v) is 15.2. The predicted molar refractivity (Wildman–Crippen MR) is 69.5 cm³/mol. The van der Waals surface area contributed by atoms with Crippen molar-refractivity contribution in [2.45, 2.75) is 0 Å². The van der Waals surface area contributed by atoms with Gasteiger partial charge in [0.15, 0.2) is 29.1 Å². The molecule has 0 aliphatic heterocycles. The summed E-state index contributed by atoms with van der Waals surface area (Å²) in [6, 6.07) is 0. The second-order valence-corrected chi connectivity index (χ2v) is 19.3. The molecule has 0 amide bonds. The quantitative estimate of drug-likeness (QED) is 0.142. The summed E-state index contributed by atoms with van der Waals surface area (Å²) in [5, 5.41) is -1.58. The molecule has 2 rings (SSSR count). The van der Waals surface area contributed by atoms with E-state index in [1.807, 2.05) is 0 Å². The van der Waals surface area contributed by atoms with Crippen molar-refractivity contribution < 1.29 is 44.0 Å². The molecule has 11 heteroatoms. The fraction of sp³-hybridized carbons (Fsp3) is 0. The average Bonchev–Trinajstić information content (AvgIpc) is 2.40. The van der Waals surface area contributed by atoms with E-state index in [0.717, 1.165) is 0 Å². The van der Waals surface area contributed by atoms with Crippen LogP contribution in [0.2, 0.25) is 0 Å². The van der Waals surface area contributed by atoms with E-state index in [1.54, 1.807) is 0 Å². The molecule has 20 heavy (non-hydrogen) atoms. The van der Waals surface area contributed by atoms with Gasteiger partial charge >= 0.3 is 50.5 Å². The first-order valence-electron chi connectivity index (χ1n) is 4.31. The average molecular weight is 636 g/mol. The normalized spacial score (nSPS) is 10.7. The van der Waals surface area contributed by atoms with Gasteiger partial charge in [0.1, 0.15) is 5.52 Å². The summed E-state index contributed by atoms with van der Waals surface area (Å²) in [7, 11) is 0. The van der Waals surface area contributed by atoms with E-state index >= 15 is 0 Å². The van der Waals surface area contributed by atoms with Crippen molar-refractivity contribution in [2.75, 3.05) is 0 Å². The van der Waals surface area contributed by atoms with E-state index in [4.69, 9.17) is 0 Å². The molecule has 0 saturated heterocycles. The molecule has 2 aromatic rings. The summed E-state index contributed by atoms with van der Waals surface area (Å²) in [6.07, 6.45) is 0. The third-order valence-electron chi connectivity index (χ3n) is 2.05. The number of fused-ring (bicyclic) bond motifs is 1. The van der Waals surface area contributed by atoms with Gasteiger partial charge < -0.3 is 0 Å².